The molecule has 5 N–H and O–H groups in total. The molecule has 3 amide bonds. The van der Waals surface area contributed by atoms with Crippen molar-refractivity contribution in [2.24, 2.45) is 17.4 Å². The zero-order chi connectivity index (χ0) is 27.4. The maximum atomic E-state index is 12.7. The maximum absolute atomic E-state index is 12.7. The molecule has 206 valence electrons. The number of nitrogens with two attached hydrogens (primary N) is 2. The van der Waals surface area contributed by atoms with Crippen LogP contribution >= 0.6 is 0 Å². The number of rotatable bonds is 7. The van der Waals surface area contributed by atoms with E-state index in [-0.39, 0.29) is 17.8 Å². The number of carbonyl (C=O) groups is 2. The lowest BCUT2D eigenvalue weighted by molar-refractivity contribution is -0.137. The van der Waals surface area contributed by atoms with E-state index in [1.165, 1.54) is 16.6 Å². The van der Waals surface area contributed by atoms with Crippen LogP contribution in [-0.4, -0.2) is 94.1 Å². The molecule has 0 spiro atoms. The van der Waals surface area contributed by atoms with Gasteiger partial charge in [-0.25, -0.2) is 9.59 Å². The van der Waals surface area contributed by atoms with Gasteiger partial charge in [-0.15, -0.1) is 0 Å². The Morgan fingerprint density at radius 1 is 1.08 bits per heavy atom. The van der Waals surface area contributed by atoms with Gasteiger partial charge in [0.2, 0.25) is 5.91 Å². The third kappa shape index (κ3) is 6.58. The van der Waals surface area contributed by atoms with Gasteiger partial charge in [0, 0.05) is 45.5 Å². The number of likely N-dealkylation sites (tertiary alicyclic amines) is 1. The van der Waals surface area contributed by atoms with E-state index < -0.39 is 11.2 Å². The number of nitrogens with zero attached hydrogens (tertiary/aromatic N) is 5. The van der Waals surface area contributed by atoms with E-state index in [1.807, 2.05) is 12.1 Å². The zero-order valence-corrected chi connectivity index (χ0v) is 22.6. The van der Waals surface area contributed by atoms with Crippen LogP contribution in [0.25, 0.3) is 5.69 Å². The fourth-order valence-corrected chi connectivity index (χ4v) is 5.11. The standard InChI is InChI=1S/C27H40N8O3/c1-19(17-32-10-8-20(16-28)18-32)21-4-6-22(7-5-21)35-11-9-23(31-26(35)38)30-25(37)34-14-12-33(13-15-34)24(36)27(2,3)29/h4-7,9,11,19-20H,8,10,12-18,28-29H2,1-3H3,(H,30,31,37,38)/t19?,20-/m0/s1. The minimum Gasteiger partial charge on any atom is -0.338 e. The van der Waals surface area contributed by atoms with E-state index in [1.54, 1.807) is 35.9 Å². The van der Waals surface area contributed by atoms with Crippen molar-refractivity contribution in [3.8, 4) is 5.69 Å². The van der Waals surface area contributed by atoms with Crippen molar-refractivity contribution in [1.29, 1.82) is 0 Å². The molecule has 0 saturated carbocycles. The van der Waals surface area contributed by atoms with Gasteiger partial charge in [-0.2, -0.15) is 4.98 Å². The Bertz CT molecular complexity index is 1180. The highest BCUT2D eigenvalue weighted by Crippen LogP contribution is 2.22. The molecule has 1 aromatic carbocycles. The summed E-state index contributed by atoms with van der Waals surface area (Å²) in [6.07, 6.45) is 2.78. The first-order valence-corrected chi connectivity index (χ1v) is 13.3. The quantitative estimate of drug-likeness (QED) is 0.491. The summed E-state index contributed by atoms with van der Waals surface area (Å²) in [4.78, 5) is 47.6. The molecule has 2 saturated heterocycles. The zero-order valence-electron chi connectivity index (χ0n) is 22.6. The monoisotopic (exact) mass is 524 g/mol. The molecule has 1 unspecified atom stereocenters. The van der Waals surface area contributed by atoms with E-state index >= 15 is 0 Å². The van der Waals surface area contributed by atoms with Gasteiger partial charge in [0.25, 0.3) is 0 Å². The van der Waals surface area contributed by atoms with E-state index in [0.717, 1.165) is 26.2 Å². The molecule has 1 aromatic heterocycles. The lowest BCUT2D eigenvalue weighted by atomic mass is 10.0. The highest BCUT2D eigenvalue weighted by molar-refractivity contribution is 5.89. The minimum atomic E-state index is -0.945. The van der Waals surface area contributed by atoms with Crippen LogP contribution in [0.2, 0.25) is 0 Å². The van der Waals surface area contributed by atoms with Gasteiger partial charge >= 0.3 is 11.7 Å². The van der Waals surface area contributed by atoms with E-state index in [0.29, 0.717) is 43.7 Å². The molecule has 3 heterocycles. The van der Waals surface area contributed by atoms with Gasteiger partial charge in [-0.1, -0.05) is 19.1 Å². The Hall–Kier alpha value is -3.28. The number of amides is 3. The lowest BCUT2D eigenvalue weighted by Crippen LogP contribution is -2.58. The number of hydrogen-bond acceptors (Lipinski definition) is 7. The van der Waals surface area contributed by atoms with Gasteiger partial charge in [-0.3, -0.25) is 14.7 Å². The van der Waals surface area contributed by atoms with Crippen molar-refractivity contribution < 1.29 is 9.59 Å². The summed E-state index contributed by atoms with van der Waals surface area (Å²) in [5.74, 6) is 1.01. The van der Waals surface area contributed by atoms with Crippen LogP contribution in [0.15, 0.2) is 41.3 Å². The summed E-state index contributed by atoms with van der Waals surface area (Å²) in [6.45, 7) is 11.0. The molecule has 38 heavy (non-hydrogen) atoms. The molecule has 4 rings (SSSR count). The van der Waals surface area contributed by atoms with Crippen molar-refractivity contribution in [3.63, 3.8) is 0 Å². The number of benzene rings is 1. The Labute approximate surface area is 223 Å². The van der Waals surface area contributed by atoms with Crippen molar-refractivity contribution in [3.05, 3.63) is 52.6 Å². The molecule has 2 aromatic rings. The normalized spacial score (nSPS) is 19.4. The summed E-state index contributed by atoms with van der Waals surface area (Å²) in [5.41, 5.74) is 12.2. The number of nitrogens with one attached hydrogen (secondary N) is 1. The van der Waals surface area contributed by atoms with E-state index in [9.17, 15) is 14.4 Å². The van der Waals surface area contributed by atoms with Crippen LogP contribution in [0.1, 0.15) is 38.7 Å². The molecule has 0 bridgehead atoms. The molecule has 11 nitrogen and oxygen atoms in total. The van der Waals surface area contributed by atoms with Crippen molar-refractivity contribution in [2.45, 2.75) is 38.6 Å². The third-order valence-corrected chi connectivity index (χ3v) is 7.42. The molecule has 2 aliphatic rings. The molecular formula is C27H40N8O3. The van der Waals surface area contributed by atoms with Crippen molar-refractivity contribution >= 4 is 17.8 Å². The predicted molar refractivity (Wildman–Crippen MR) is 147 cm³/mol. The number of urea groups is 1. The smallest absolute Gasteiger partial charge is 0.338 e. The van der Waals surface area contributed by atoms with Gasteiger partial charge in [-0.05, 0) is 69.0 Å². The molecule has 2 fully saturated rings. The largest absolute Gasteiger partial charge is 0.354 e. The predicted octanol–water partition coefficient (Wildman–Crippen LogP) is 1.03. The first-order valence-electron chi connectivity index (χ1n) is 13.3. The van der Waals surface area contributed by atoms with Crippen LogP contribution in [-0.2, 0) is 4.79 Å². The second-order valence-electron chi connectivity index (χ2n) is 11.0. The lowest BCUT2D eigenvalue weighted by Gasteiger charge is -2.37. The first-order chi connectivity index (χ1) is 18.0. The highest BCUT2D eigenvalue weighted by Gasteiger charge is 2.31. The molecular weight excluding hydrogens is 484 g/mol. The van der Waals surface area contributed by atoms with Gasteiger partial charge in [0.05, 0.1) is 11.2 Å². The second kappa shape index (κ2) is 11.6. The summed E-state index contributed by atoms with van der Waals surface area (Å²) in [5, 5.41) is 2.69. The molecule has 2 atom stereocenters. The summed E-state index contributed by atoms with van der Waals surface area (Å²) < 4.78 is 1.45. The van der Waals surface area contributed by atoms with Gasteiger partial charge in [0.15, 0.2) is 0 Å². The van der Waals surface area contributed by atoms with Crippen LogP contribution in [0.3, 0.4) is 0 Å². The van der Waals surface area contributed by atoms with E-state index in [4.69, 9.17) is 11.5 Å². The molecule has 2 aliphatic heterocycles. The van der Waals surface area contributed by atoms with E-state index in [2.05, 4.69) is 34.3 Å². The average molecular weight is 525 g/mol. The SMILES string of the molecule is CC(CN1CC[C@@H](CN)C1)c1ccc(-n2ccc(NC(=O)N3CCN(C(=O)C(C)(C)N)CC3)nc2=O)cc1. The van der Waals surface area contributed by atoms with Gasteiger partial charge < -0.3 is 26.2 Å². The molecule has 0 radical (unpaired) electrons. The fraction of sp³-hybridized carbons (Fsp3) is 0.556. The molecule has 11 heteroatoms. The Morgan fingerprint density at radius 2 is 1.74 bits per heavy atom. The summed E-state index contributed by atoms with van der Waals surface area (Å²) in [6, 6.07) is 9.19. The summed E-state index contributed by atoms with van der Waals surface area (Å²) in [7, 11) is 0. The van der Waals surface area contributed by atoms with Crippen molar-refractivity contribution in [2.75, 3.05) is 57.7 Å². The number of anilines is 1. The number of piperazine rings is 1. The Kier molecular flexibility index (Phi) is 8.49. The van der Waals surface area contributed by atoms with Crippen molar-refractivity contribution in [1.82, 2.24) is 24.3 Å². The molecule has 0 aliphatic carbocycles. The Morgan fingerprint density at radius 3 is 2.32 bits per heavy atom. The van der Waals surface area contributed by atoms with Crippen LogP contribution in [0.5, 0.6) is 0 Å². The number of aromatic nitrogens is 2. The van der Waals surface area contributed by atoms with Crippen LogP contribution < -0.4 is 22.5 Å². The third-order valence-electron chi connectivity index (χ3n) is 7.42. The fourth-order valence-electron chi connectivity index (χ4n) is 5.11. The van der Waals surface area contributed by atoms with Gasteiger partial charge in [0.1, 0.15) is 5.82 Å². The number of hydrogen-bond donors (Lipinski definition) is 3. The minimum absolute atomic E-state index is 0.141. The maximum Gasteiger partial charge on any atom is 0.354 e. The second-order valence-corrected chi connectivity index (χ2v) is 11.0. The number of carbonyl (C=O) groups excluding carboxylic acids is 2. The topological polar surface area (TPSA) is 143 Å². The Balaban J connectivity index is 1.32. The first kappa shape index (κ1) is 27.7. The summed E-state index contributed by atoms with van der Waals surface area (Å²) >= 11 is 0. The van der Waals surface area contributed by atoms with Crippen LogP contribution in [0.4, 0.5) is 10.6 Å². The average Bonchev–Trinajstić information content (AvgIpc) is 3.35. The van der Waals surface area contributed by atoms with Crippen LogP contribution in [0, 0.1) is 5.92 Å². The highest BCUT2D eigenvalue weighted by atomic mass is 16.2.